The number of hydrogen-bond donors (Lipinski definition) is 3. The van der Waals surface area contributed by atoms with Crippen molar-refractivity contribution in [3.8, 4) is 17.2 Å². The van der Waals surface area contributed by atoms with Gasteiger partial charge < -0.3 is 0 Å². The maximum atomic E-state index is 12.4. The Kier molecular flexibility index (Phi) is 6.79. The van der Waals surface area contributed by atoms with Crippen LogP contribution < -0.4 is 0 Å². The van der Waals surface area contributed by atoms with Crippen LogP contribution in [0.15, 0.2) is 72.8 Å². The van der Waals surface area contributed by atoms with Gasteiger partial charge in [0.15, 0.2) is 0 Å². The van der Waals surface area contributed by atoms with Gasteiger partial charge in [-0.1, -0.05) is 0 Å². The third-order valence-corrected chi connectivity index (χ3v) is 5.83. The molecule has 0 spiro atoms. The van der Waals surface area contributed by atoms with Gasteiger partial charge in [-0.25, -0.2) is 0 Å². The summed E-state index contributed by atoms with van der Waals surface area (Å²) < 4.78 is 15.2. The van der Waals surface area contributed by atoms with Crippen LogP contribution in [0, 0.1) is 0 Å². The Labute approximate surface area is 181 Å². The van der Waals surface area contributed by atoms with E-state index in [0.717, 1.165) is 0 Å². The van der Waals surface area contributed by atoms with Crippen LogP contribution in [0.1, 0.15) is 31.1 Å². The number of phenols is 3. The van der Waals surface area contributed by atoms with E-state index >= 15 is 0 Å². The van der Waals surface area contributed by atoms with E-state index in [-0.39, 0.29) is 33.9 Å². The van der Waals surface area contributed by atoms with Crippen LogP contribution in [-0.2, 0) is 11.2 Å². The van der Waals surface area contributed by atoms with Crippen molar-refractivity contribution in [3.63, 3.8) is 0 Å². The molecule has 0 saturated heterocycles. The zero-order chi connectivity index (χ0) is 22.4. The average Bonchev–Trinajstić information content (AvgIpc) is 2.74. The molecular weight excluding hydrogens is 471 g/mol. The van der Waals surface area contributed by atoms with Gasteiger partial charge in [0.05, 0.1) is 0 Å². The summed E-state index contributed by atoms with van der Waals surface area (Å²) in [6.07, 6.45) is 0. The van der Waals surface area contributed by atoms with Crippen molar-refractivity contribution in [2.75, 3.05) is 0 Å². The third kappa shape index (κ3) is 5.34. The van der Waals surface area contributed by atoms with Crippen molar-refractivity contribution in [1.29, 1.82) is 0 Å². The summed E-state index contributed by atoms with van der Waals surface area (Å²) in [5.41, 5.74) is -0.711. The number of carbonyl (C=O) groups is 3. The number of phenolic OH excluding ortho intramolecular Hbond substituents is 3. The zero-order valence-electron chi connectivity index (χ0n) is 15.7. The fraction of sp³-hybridized carbons (Fsp3) is 0. The van der Waals surface area contributed by atoms with E-state index in [9.17, 15) is 29.7 Å². The van der Waals surface area contributed by atoms with E-state index in [1.54, 1.807) is 0 Å². The van der Waals surface area contributed by atoms with Crippen LogP contribution in [-0.4, -0.2) is 48.9 Å². The van der Waals surface area contributed by atoms with Crippen LogP contribution in [0.5, 0.6) is 17.2 Å². The van der Waals surface area contributed by atoms with Crippen molar-refractivity contribution in [2.45, 2.75) is 0 Å². The summed E-state index contributed by atoms with van der Waals surface area (Å²) in [6.45, 7) is 0. The minimum absolute atomic E-state index is 0.237. The van der Waals surface area contributed by atoms with Crippen LogP contribution in [0.25, 0.3) is 0 Å². The fourth-order valence-corrected chi connectivity index (χ4v) is 4.05. The molecule has 3 aromatic rings. The first-order valence-corrected chi connectivity index (χ1v) is 11.0. The summed E-state index contributed by atoms with van der Waals surface area (Å²) >= 11 is -3.94. The number of hydrogen-bond acceptors (Lipinski definition) is 9. The van der Waals surface area contributed by atoms with Gasteiger partial charge in [-0.15, -0.1) is 0 Å². The summed E-state index contributed by atoms with van der Waals surface area (Å²) in [4.78, 5) is 37.3. The normalized spacial score (nSPS) is 10.4. The average molecular weight is 486 g/mol. The van der Waals surface area contributed by atoms with Gasteiger partial charge in [-0.05, 0) is 0 Å². The monoisotopic (exact) mass is 486 g/mol. The Morgan fingerprint density at radius 2 is 0.774 bits per heavy atom. The Morgan fingerprint density at radius 3 is 1.03 bits per heavy atom. The van der Waals surface area contributed by atoms with Crippen LogP contribution >= 0.6 is 0 Å². The number of para-hydroxylation sites is 3. The maximum absolute atomic E-state index is 12.4. The summed E-state index contributed by atoms with van der Waals surface area (Å²) in [7, 11) is 0. The SMILES string of the molecule is O=C(O[As](OC(=O)c1ccccc1O)OC(=O)c1ccccc1O)c1ccccc1O. The van der Waals surface area contributed by atoms with E-state index in [0.29, 0.717) is 0 Å². The van der Waals surface area contributed by atoms with Crippen molar-refractivity contribution in [3.05, 3.63) is 89.5 Å². The predicted octanol–water partition coefficient (Wildman–Crippen LogP) is 2.66. The van der Waals surface area contributed by atoms with E-state index in [1.165, 1.54) is 72.8 Å². The Morgan fingerprint density at radius 1 is 0.516 bits per heavy atom. The van der Waals surface area contributed by atoms with E-state index in [1.807, 2.05) is 0 Å². The van der Waals surface area contributed by atoms with E-state index in [2.05, 4.69) is 0 Å². The number of benzene rings is 3. The molecule has 10 heteroatoms. The first-order chi connectivity index (χ1) is 14.9. The third-order valence-electron chi connectivity index (χ3n) is 3.84. The van der Waals surface area contributed by atoms with Crippen LogP contribution in [0.3, 0.4) is 0 Å². The second-order valence-electron chi connectivity index (χ2n) is 5.91. The quantitative estimate of drug-likeness (QED) is 0.449. The Hall–Kier alpha value is -3.97. The molecular formula is C21H15AsO9. The molecule has 0 amide bonds. The molecule has 0 aliphatic heterocycles. The van der Waals surface area contributed by atoms with E-state index < -0.39 is 33.6 Å². The Balaban J connectivity index is 1.84. The van der Waals surface area contributed by atoms with Gasteiger partial charge in [0.2, 0.25) is 0 Å². The van der Waals surface area contributed by atoms with Gasteiger partial charge in [0, 0.05) is 0 Å². The van der Waals surface area contributed by atoms with Crippen molar-refractivity contribution >= 4 is 33.6 Å². The molecule has 0 saturated carbocycles. The van der Waals surface area contributed by atoms with E-state index in [4.69, 9.17) is 11.2 Å². The molecule has 0 aliphatic carbocycles. The second kappa shape index (κ2) is 9.69. The first-order valence-electron chi connectivity index (χ1n) is 8.68. The van der Waals surface area contributed by atoms with Gasteiger partial charge >= 0.3 is 181 Å². The molecule has 0 radical (unpaired) electrons. The van der Waals surface area contributed by atoms with Crippen molar-refractivity contribution in [1.82, 2.24) is 0 Å². The minimum atomic E-state index is -3.94. The number of aromatic hydroxyl groups is 3. The van der Waals surface area contributed by atoms with Gasteiger partial charge in [0.1, 0.15) is 0 Å². The van der Waals surface area contributed by atoms with Gasteiger partial charge in [0.25, 0.3) is 0 Å². The molecule has 9 nitrogen and oxygen atoms in total. The topological polar surface area (TPSA) is 140 Å². The molecule has 0 fully saturated rings. The summed E-state index contributed by atoms with van der Waals surface area (Å²) in [5.74, 6) is -4.43. The molecule has 31 heavy (non-hydrogen) atoms. The molecule has 0 atom stereocenters. The summed E-state index contributed by atoms with van der Waals surface area (Å²) in [5, 5.41) is 29.5. The second-order valence-corrected chi connectivity index (χ2v) is 8.00. The molecule has 158 valence electrons. The standard InChI is InChI=1S/C21H15AsO9/c23-16-10-4-1-7-13(16)19(26)29-22(30-20(27)14-8-2-5-11-17(14)24)31-21(28)15-9-3-6-12-18(15)25/h1-12,23-25H. The molecule has 3 N–H and O–H groups in total. The van der Waals surface area contributed by atoms with Crippen molar-refractivity contribution < 1.29 is 40.9 Å². The molecule has 0 unspecified atom stereocenters. The number of carbonyl (C=O) groups excluding carboxylic acids is 3. The Bertz CT molecular complexity index is 988. The molecule has 3 rings (SSSR count). The molecule has 0 aromatic heterocycles. The molecule has 0 aliphatic rings. The van der Waals surface area contributed by atoms with Crippen molar-refractivity contribution in [2.24, 2.45) is 0 Å². The molecule has 3 aromatic carbocycles. The molecule has 0 bridgehead atoms. The number of rotatable bonds is 6. The summed E-state index contributed by atoms with van der Waals surface area (Å²) in [6, 6.07) is 16.4. The predicted molar refractivity (Wildman–Crippen MR) is 106 cm³/mol. The fourth-order valence-electron chi connectivity index (χ4n) is 2.35. The molecule has 0 heterocycles. The first kappa shape index (κ1) is 21.7. The van der Waals surface area contributed by atoms with Crippen LogP contribution in [0.4, 0.5) is 0 Å². The van der Waals surface area contributed by atoms with Gasteiger partial charge in [-0.2, -0.15) is 0 Å². The zero-order valence-corrected chi connectivity index (χ0v) is 17.5. The van der Waals surface area contributed by atoms with Crippen LogP contribution in [0.2, 0.25) is 0 Å². The van der Waals surface area contributed by atoms with Gasteiger partial charge in [-0.3, -0.25) is 0 Å².